The van der Waals surface area contributed by atoms with Gasteiger partial charge in [0.05, 0.1) is 11.8 Å². The largest absolute Gasteiger partial charge is 0.293 e. The van der Waals surface area contributed by atoms with Crippen LogP contribution >= 0.6 is 0 Å². The number of hydrogen-bond donors (Lipinski definition) is 0. The van der Waals surface area contributed by atoms with E-state index in [4.69, 9.17) is 0 Å². The molecule has 1 aliphatic carbocycles. The maximum Gasteiger partial charge on any atom is 0.173 e. The molecule has 1 atom stereocenters. The fourth-order valence-corrected chi connectivity index (χ4v) is 2.29. The number of hydrogen-bond acceptors (Lipinski definition) is 2. The van der Waals surface area contributed by atoms with Crippen LogP contribution in [0.1, 0.15) is 44.7 Å². The highest BCUT2D eigenvalue weighted by molar-refractivity contribution is 6.39. The number of carbonyl (C=O) groups excluding carboxylic acids is 1. The minimum absolute atomic E-state index is 0.0169. The molecule has 104 valence electrons. The number of aliphatic imine (C=N–C) groups is 1. The maximum atomic E-state index is 11.8. The Morgan fingerprint density at radius 1 is 1.25 bits per heavy atom. The number of nitrogens with zero attached hydrogens (tertiary/aromatic N) is 1. The molecule has 0 fully saturated rings. The molecule has 0 N–H and O–H groups in total. The Balaban J connectivity index is 2.15. The lowest BCUT2D eigenvalue weighted by molar-refractivity contribution is -0.111. The highest BCUT2D eigenvalue weighted by Gasteiger charge is 2.11. The van der Waals surface area contributed by atoms with Crippen LogP contribution in [0.25, 0.3) is 0 Å². The molecule has 1 unspecified atom stereocenters. The number of allylic oxidation sites excluding steroid dienone is 4. The summed E-state index contributed by atoms with van der Waals surface area (Å²) in [6, 6.07) is 10.1. The van der Waals surface area contributed by atoms with E-state index in [2.05, 4.69) is 23.2 Å². The Kier molecular flexibility index (Phi) is 5.05. The summed E-state index contributed by atoms with van der Waals surface area (Å²) in [5, 5.41) is 0. The van der Waals surface area contributed by atoms with Gasteiger partial charge in [0, 0.05) is 13.3 Å². The zero-order chi connectivity index (χ0) is 14.4. The van der Waals surface area contributed by atoms with Gasteiger partial charge in [-0.3, -0.25) is 9.79 Å². The van der Waals surface area contributed by atoms with Gasteiger partial charge in [0.1, 0.15) is 0 Å². The van der Waals surface area contributed by atoms with Crippen molar-refractivity contribution in [3.63, 3.8) is 0 Å². The molecule has 1 aromatic carbocycles. The van der Waals surface area contributed by atoms with Crippen molar-refractivity contribution in [3.05, 3.63) is 59.7 Å². The third kappa shape index (κ3) is 4.02. The smallest absolute Gasteiger partial charge is 0.173 e. The van der Waals surface area contributed by atoms with Crippen molar-refractivity contribution in [2.75, 3.05) is 0 Å². The molecule has 0 amide bonds. The lowest BCUT2D eigenvalue weighted by Crippen LogP contribution is -2.12. The van der Waals surface area contributed by atoms with Crippen LogP contribution in [0.5, 0.6) is 0 Å². The molecular formula is C18H21NO. The molecule has 2 rings (SSSR count). The molecule has 0 aromatic heterocycles. The summed E-state index contributed by atoms with van der Waals surface area (Å²) in [5.41, 5.74) is 3.00. The van der Waals surface area contributed by atoms with Gasteiger partial charge in [-0.05, 0) is 30.9 Å². The van der Waals surface area contributed by atoms with Crippen LogP contribution in [-0.4, -0.2) is 11.5 Å². The summed E-state index contributed by atoms with van der Waals surface area (Å²) in [7, 11) is 0. The molecular weight excluding hydrogens is 246 g/mol. The summed E-state index contributed by atoms with van der Waals surface area (Å²) in [5.74, 6) is 0.0626. The zero-order valence-electron chi connectivity index (χ0n) is 12.2. The summed E-state index contributed by atoms with van der Waals surface area (Å²) < 4.78 is 0. The van der Waals surface area contributed by atoms with Crippen molar-refractivity contribution in [2.24, 2.45) is 4.99 Å². The first-order valence-electron chi connectivity index (χ1n) is 7.15. The third-order valence-corrected chi connectivity index (χ3v) is 3.48. The van der Waals surface area contributed by atoms with Crippen molar-refractivity contribution >= 4 is 11.5 Å². The highest BCUT2D eigenvalue weighted by Crippen LogP contribution is 2.19. The number of benzene rings is 1. The third-order valence-electron chi connectivity index (χ3n) is 3.48. The van der Waals surface area contributed by atoms with E-state index in [1.165, 1.54) is 5.57 Å². The van der Waals surface area contributed by atoms with Crippen molar-refractivity contribution < 1.29 is 4.79 Å². The Morgan fingerprint density at radius 2 is 2.00 bits per heavy atom. The van der Waals surface area contributed by atoms with Gasteiger partial charge in [-0.15, -0.1) is 0 Å². The van der Waals surface area contributed by atoms with E-state index in [1.54, 1.807) is 6.92 Å². The first-order chi connectivity index (χ1) is 9.66. The normalized spacial score (nSPS) is 16.7. The molecule has 0 saturated carbocycles. The van der Waals surface area contributed by atoms with Crippen molar-refractivity contribution in [2.45, 2.75) is 39.2 Å². The van der Waals surface area contributed by atoms with E-state index in [0.29, 0.717) is 12.1 Å². The SMILES string of the molecule is CC(=O)C(CC1=CCCC=C1)=NC(C)c1ccccc1. The Labute approximate surface area is 120 Å². The minimum atomic E-state index is 0.0169. The molecule has 2 heteroatoms. The molecule has 0 bridgehead atoms. The van der Waals surface area contributed by atoms with Crippen molar-refractivity contribution in [3.8, 4) is 0 Å². The molecule has 0 aliphatic heterocycles. The van der Waals surface area contributed by atoms with Gasteiger partial charge in [0.15, 0.2) is 5.78 Å². The average molecular weight is 267 g/mol. The quantitative estimate of drug-likeness (QED) is 0.725. The second kappa shape index (κ2) is 6.99. The lowest BCUT2D eigenvalue weighted by Gasteiger charge is -2.12. The van der Waals surface area contributed by atoms with Gasteiger partial charge in [0.25, 0.3) is 0 Å². The molecule has 0 saturated heterocycles. The molecule has 2 nitrogen and oxygen atoms in total. The molecule has 1 aromatic rings. The van der Waals surface area contributed by atoms with Crippen molar-refractivity contribution in [1.82, 2.24) is 0 Å². The topological polar surface area (TPSA) is 29.4 Å². The standard InChI is InChI=1S/C18H21NO/c1-14(17-11-7-4-8-12-17)19-18(15(2)20)13-16-9-5-3-6-10-16/h4-5,7-12,14H,3,6,13H2,1-2H3. The number of rotatable bonds is 5. The van der Waals surface area contributed by atoms with Crippen molar-refractivity contribution in [1.29, 1.82) is 0 Å². The highest BCUT2D eigenvalue weighted by atomic mass is 16.1. The second-order valence-corrected chi connectivity index (χ2v) is 5.15. The fraction of sp³-hybridized carbons (Fsp3) is 0.333. The summed E-state index contributed by atoms with van der Waals surface area (Å²) >= 11 is 0. The Morgan fingerprint density at radius 3 is 2.60 bits per heavy atom. The molecule has 0 radical (unpaired) electrons. The van der Waals surface area contributed by atoms with Gasteiger partial charge in [-0.25, -0.2) is 0 Å². The van der Waals surface area contributed by atoms with Crippen LogP contribution in [0.2, 0.25) is 0 Å². The first kappa shape index (κ1) is 14.4. The van der Waals surface area contributed by atoms with Gasteiger partial charge in [0.2, 0.25) is 0 Å². The predicted molar refractivity (Wildman–Crippen MR) is 84.0 cm³/mol. The molecule has 1 aliphatic rings. The van der Waals surface area contributed by atoms with E-state index in [-0.39, 0.29) is 11.8 Å². The monoisotopic (exact) mass is 267 g/mol. The fourth-order valence-electron chi connectivity index (χ4n) is 2.29. The van der Waals surface area contributed by atoms with Crippen LogP contribution in [0.15, 0.2) is 59.1 Å². The summed E-state index contributed by atoms with van der Waals surface area (Å²) in [6.07, 6.45) is 9.26. The lowest BCUT2D eigenvalue weighted by atomic mass is 10.00. The van der Waals surface area contributed by atoms with Crippen LogP contribution in [0.4, 0.5) is 0 Å². The first-order valence-corrected chi connectivity index (χ1v) is 7.15. The van der Waals surface area contributed by atoms with Gasteiger partial charge in [-0.1, -0.05) is 48.6 Å². The zero-order valence-corrected chi connectivity index (χ0v) is 12.2. The average Bonchev–Trinajstić information content (AvgIpc) is 2.48. The number of Topliss-reactive ketones (excluding diaryl/α,β-unsaturated/α-hetero) is 1. The summed E-state index contributed by atoms with van der Waals surface area (Å²) in [4.78, 5) is 16.4. The molecule has 20 heavy (non-hydrogen) atoms. The van der Waals surface area contributed by atoms with Crippen LogP contribution in [0.3, 0.4) is 0 Å². The predicted octanol–water partition coefficient (Wildman–Crippen LogP) is 4.44. The summed E-state index contributed by atoms with van der Waals surface area (Å²) in [6.45, 7) is 3.63. The maximum absolute atomic E-state index is 11.8. The minimum Gasteiger partial charge on any atom is -0.293 e. The molecule has 0 heterocycles. The van der Waals surface area contributed by atoms with Crippen LogP contribution in [-0.2, 0) is 4.79 Å². The number of carbonyl (C=O) groups is 1. The van der Waals surface area contributed by atoms with E-state index < -0.39 is 0 Å². The van der Waals surface area contributed by atoms with E-state index in [0.717, 1.165) is 18.4 Å². The van der Waals surface area contributed by atoms with Gasteiger partial charge < -0.3 is 0 Å². The van der Waals surface area contributed by atoms with E-state index >= 15 is 0 Å². The second-order valence-electron chi connectivity index (χ2n) is 5.15. The van der Waals surface area contributed by atoms with Crippen LogP contribution in [0, 0.1) is 0 Å². The van der Waals surface area contributed by atoms with E-state index in [1.807, 2.05) is 37.3 Å². The molecule has 0 spiro atoms. The van der Waals surface area contributed by atoms with E-state index in [9.17, 15) is 4.79 Å². The Hall–Kier alpha value is -1.96. The number of ketones is 1. The van der Waals surface area contributed by atoms with Gasteiger partial charge in [-0.2, -0.15) is 0 Å². The van der Waals surface area contributed by atoms with Gasteiger partial charge >= 0.3 is 0 Å². The van der Waals surface area contributed by atoms with Crippen LogP contribution < -0.4 is 0 Å². The Bertz CT molecular complexity index is 552.